The molecule has 0 aliphatic carbocycles. The Kier molecular flexibility index (Phi) is 6.67. The summed E-state index contributed by atoms with van der Waals surface area (Å²) in [5, 5.41) is 2.35. The zero-order valence-electron chi connectivity index (χ0n) is 13.7. The molecule has 2 aromatic carbocycles. The molecule has 0 aromatic heterocycles. The minimum Gasteiger partial charge on any atom is -0.383 e. The summed E-state index contributed by atoms with van der Waals surface area (Å²) in [6, 6.07) is 16.6. The number of methoxy groups -OCH3 is 1. The van der Waals surface area contributed by atoms with E-state index in [1.165, 1.54) is 7.11 Å². The molecule has 0 spiro atoms. The maximum absolute atomic E-state index is 12.0. The summed E-state index contributed by atoms with van der Waals surface area (Å²) >= 11 is 0. The molecule has 2 rings (SSSR count). The highest BCUT2D eigenvalue weighted by atomic mass is 16.5. The molecule has 0 saturated heterocycles. The minimum atomic E-state index is -0.953. The van der Waals surface area contributed by atoms with Crippen LogP contribution in [0.5, 0.6) is 0 Å². The SMILES string of the molecule is COCCNC(=O)C(=O)NNC(=O)c1ccc(-c2ccccc2)cc1. The highest BCUT2D eigenvalue weighted by Gasteiger charge is 2.14. The summed E-state index contributed by atoms with van der Waals surface area (Å²) in [6.07, 6.45) is 0. The smallest absolute Gasteiger partial charge is 0.327 e. The average Bonchev–Trinajstić information content (AvgIpc) is 2.66. The summed E-state index contributed by atoms with van der Waals surface area (Å²) in [6.45, 7) is 0.497. The van der Waals surface area contributed by atoms with Crippen LogP contribution in [0.2, 0.25) is 0 Å². The maximum Gasteiger partial charge on any atom is 0.327 e. The van der Waals surface area contributed by atoms with Crippen LogP contribution in [0.4, 0.5) is 0 Å². The fourth-order valence-corrected chi connectivity index (χ4v) is 2.03. The molecule has 7 nitrogen and oxygen atoms in total. The van der Waals surface area contributed by atoms with Crippen molar-refractivity contribution >= 4 is 17.7 Å². The largest absolute Gasteiger partial charge is 0.383 e. The van der Waals surface area contributed by atoms with Crippen LogP contribution in [0, 0.1) is 0 Å². The Morgan fingerprint density at radius 3 is 2.12 bits per heavy atom. The molecular formula is C18H19N3O4. The Morgan fingerprint density at radius 1 is 0.840 bits per heavy atom. The van der Waals surface area contributed by atoms with E-state index in [4.69, 9.17) is 4.74 Å². The van der Waals surface area contributed by atoms with Crippen molar-refractivity contribution in [2.24, 2.45) is 0 Å². The molecule has 7 heteroatoms. The van der Waals surface area contributed by atoms with Crippen molar-refractivity contribution in [2.45, 2.75) is 0 Å². The van der Waals surface area contributed by atoms with Gasteiger partial charge in [-0.25, -0.2) is 0 Å². The van der Waals surface area contributed by atoms with Crippen LogP contribution in [0.15, 0.2) is 54.6 Å². The predicted octanol–water partition coefficient (Wildman–Crippen LogP) is 0.877. The van der Waals surface area contributed by atoms with Crippen LogP contribution in [0.1, 0.15) is 10.4 Å². The second-order valence-electron chi connectivity index (χ2n) is 5.10. The van der Waals surface area contributed by atoms with Gasteiger partial charge in [0.15, 0.2) is 0 Å². The quantitative estimate of drug-likeness (QED) is 0.427. The molecule has 3 amide bonds. The number of hydrogen-bond donors (Lipinski definition) is 3. The second kappa shape index (κ2) is 9.19. The van der Waals surface area contributed by atoms with Crippen molar-refractivity contribution in [1.82, 2.24) is 16.2 Å². The standard InChI is InChI=1S/C18H19N3O4/c1-25-12-11-19-17(23)18(24)21-20-16(22)15-9-7-14(8-10-15)13-5-3-2-4-6-13/h2-10H,11-12H2,1H3,(H,19,23)(H,20,22)(H,21,24). The summed E-state index contributed by atoms with van der Waals surface area (Å²) in [5.74, 6) is -2.32. The molecule has 130 valence electrons. The van der Waals surface area contributed by atoms with Crippen molar-refractivity contribution in [1.29, 1.82) is 0 Å². The zero-order chi connectivity index (χ0) is 18.1. The summed E-state index contributed by atoms with van der Waals surface area (Å²) in [4.78, 5) is 35.0. The van der Waals surface area contributed by atoms with Crippen molar-refractivity contribution < 1.29 is 19.1 Å². The Bertz CT molecular complexity index is 730. The fraction of sp³-hybridized carbons (Fsp3) is 0.167. The van der Waals surface area contributed by atoms with Gasteiger partial charge in [0.2, 0.25) is 0 Å². The molecule has 0 radical (unpaired) electrons. The molecule has 0 saturated carbocycles. The van der Waals surface area contributed by atoms with E-state index in [-0.39, 0.29) is 6.54 Å². The van der Waals surface area contributed by atoms with Gasteiger partial charge in [0, 0.05) is 19.2 Å². The van der Waals surface area contributed by atoms with Gasteiger partial charge in [0.25, 0.3) is 5.91 Å². The number of ether oxygens (including phenoxy) is 1. The first-order chi connectivity index (χ1) is 12.1. The number of hydrazine groups is 1. The number of rotatable bonds is 5. The van der Waals surface area contributed by atoms with Crippen LogP contribution >= 0.6 is 0 Å². The van der Waals surface area contributed by atoms with Gasteiger partial charge in [-0.3, -0.25) is 25.2 Å². The normalized spacial score (nSPS) is 9.96. The van der Waals surface area contributed by atoms with Gasteiger partial charge in [-0.2, -0.15) is 0 Å². The predicted molar refractivity (Wildman–Crippen MR) is 92.4 cm³/mol. The average molecular weight is 341 g/mol. The number of nitrogens with one attached hydrogen (secondary N) is 3. The number of hydrogen-bond acceptors (Lipinski definition) is 4. The lowest BCUT2D eigenvalue weighted by Gasteiger charge is -2.08. The number of carbonyl (C=O) groups excluding carboxylic acids is 3. The monoisotopic (exact) mass is 341 g/mol. The third-order valence-electron chi connectivity index (χ3n) is 3.34. The molecular weight excluding hydrogens is 322 g/mol. The van der Waals surface area contributed by atoms with Crippen LogP contribution in [0.25, 0.3) is 11.1 Å². The summed E-state index contributed by atoms with van der Waals surface area (Å²) in [7, 11) is 1.48. The first kappa shape index (κ1) is 18.2. The van der Waals surface area contributed by atoms with E-state index in [1.807, 2.05) is 42.5 Å². The topological polar surface area (TPSA) is 96.5 Å². The van der Waals surface area contributed by atoms with Crippen LogP contribution in [-0.4, -0.2) is 38.0 Å². The van der Waals surface area contributed by atoms with Gasteiger partial charge in [-0.1, -0.05) is 42.5 Å². The van der Waals surface area contributed by atoms with Gasteiger partial charge < -0.3 is 10.1 Å². The lowest BCUT2D eigenvalue weighted by molar-refractivity contribution is -0.139. The van der Waals surface area contributed by atoms with E-state index < -0.39 is 17.7 Å². The Morgan fingerprint density at radius 2 is 1.48 bits per heavy atom. The summed E-state index contributed by atoms with van der Waals surface area (Å²) in [5.41, 5.74) is 6.63. The minimum absolute atomic E-state index is 0.206. The second-order valence-corrected chi connectivity index (χ2v) is 5.10. The molecule has 25 heavy (non-hydrogen) atoms. The van der Waals surface area contributed by atoms with E-state index in [9.17, 15) is 14.4 Å². The van der Waals surface area contributed by atoms with Crippen LogP contribution in [0.3, 0.4) is 0 Å². The number of amides is 3. The third kappa shape index (κ3) is 5.43. The Balaban J connectivity index is 1.86. The summed E-state index contributed by atoms with van der Waals surface area (Å²) < 4.78 is 4.75. The third-order valence-corrected chi connectivity index (χ3v) is 3.34. The highest BCUT2D eigenvalue weighted by molar-refractivity contribution is 6.35. The lowest BCUT2D eigenvalue weighted by atomic mass is 10.0. The van der Waals surface area contributed by atoms with Crippen LogP contribution < -0.4 is 16.2 Å². The van der Waals surface area contributed by atoms with E-state index in [1.54, 1.807) is 12.1 Å². The van der Waals surface area contributed by atoms with E-state index in [0.717, 1.165) is 11.1 Å². The van der Waals surface area contributed by atoms with Crippen LogP contribution in [-0.2, 0) is 14.3 Å². The molecule has 0 unspecified atom stereocenters. The first-order valence-corrected chi connectivity index (χ1v) is 7.64. The van der Waals surface area contributed by atoms with E-state index in [2.05, 4.69) is 16.2 Å². The molecule has 0 fully saturated rings. The molecule has 0 aliphatic heterocycles. The molecule has 2 aromatic rings. The Hall–Kier alpha value is -3.19. The highest BCUT2D eigenvalue weighted by Crippen LogP contribution is 2.19. The Labute approximate surface area is 145 Å². The molecule has 0 bridgehead atoms. The van der Waals surface area contributed by atoms with E-state index in [0.29, 0.717) is 12.2 Å². The fourth-order valence-electron chi connectivity index (χ4n) is 2.03. The van der Waals surface area contributed by atoms with Gasteiger partial charge in [0.05, 0.1) is 6.61 Å². The van der Waals surface area contributed by atoms with Crippen molar-refractivity contribution in [3.63, 3.8) is 0 Å². The van der Waals surface area contributed by atoms with Gasteiger partial charge in [-0.15, -0.1) is 0 Å². The van der Waals surface area contributed by atoms with Crippen molar-refractivity contribution in [2.75, 3.05) is 20.3 Å². The van der Waals surface area contributed by atoms with E-state index >= 15 is 0 Å². The molecule has 3 N–H and O–H groups in total. The van der Waals surface area contributed by atoms with Gasteiger partial charge in [0.1, 0.15) is 0 Å². The van der Waals surface area contributed by atoms with Crippen molar-refractivity contribution in [3.8, 4) is 11.1 Å². The zero-order valence-corrected chi connectivity index (χ0v) is 13.7. The number of benzene rings is 2. The molecule has 0 aliphatic rings. The molecule has 0 heterocycles. The maximum atomic E-state index is 12.0. The number of carbonyl (C=O) groups is 3. The first-order valence-electron chi connectivity index (χ1n) is 7.64. The van der Waals surface area contributed by atoms with Crippen molar-refractivity contribution in [3.05, 3.63) is 60.2 Å². The van der Waals surface area contributed by atoms with Gasteiger partial charge >= 0.3 is 11.8 Å². The molecule has 0 atom stereocenters. The van der Waals surface area contributed by atoms with Gasteiger partial charge in [-0.05, 0) is 23.3 Å². The lowest BCUT2D eigenvalue weighted by Crippen LogP contribution is -2.49.